The van der Waals surface area contributed by atoms with Crippen LogP contribution < -0.4 is 0 Å². The molecule has 6 nitrogen and oxygen atoms in total. The average Bonchev–Trinajstić information content (AvgIpc) is 3.05. The van der Waals surface area contributed by atoms with Gasteiger partial charge in [0.15, 0.2) is 5.82 Å². The van der Waals surface area contributed by atoms with E-state index in [0.29, 0.717) is 5.89 Å². The molecule has 2 aromatic rings. The minimum Gasteiger partial charge on any atom is -0.333 e. The molecule has 126 valence electrons. The van der Waals surface area contributed by atoms with E-state index >= 15 is 0 Å². The van der Waals surface area contributed by atoms with Crippen LogP contribution >= 0.6 is 11.3 Å². The van der Waals surface area contributed by atoms with E-state index in [4.69, 9.17) is 4.52 Å². The van der Waals surface area contributed by atoms with Crippen molar-refractivity contribution < 1.29 is 12.9 Å². The number of hydrogen-bond acceptors (Lipinski definition) is 6. The minimum atomic E-state index is -3.38. The van der Waals surface area contributed by atoms with Crippen LogP contribution in [0.15, 0.2) is 10.6 Å². The molecule has 0 bridgehead atoms. The lowest BCUT2D eigenvalue weighted by Crippen LogP contribution is -2.24. The molecule has 0 radical (unpaired) electrons. The van der Waals surface area contributed by atoms with Gasteiger partial charge in [0, 0.05) is 19.0 Å². The van der Waals surface area contributed by atoms with Gasteiger partial charge in [-0.25, -0.2) is 12.7 Å². The van der Waals surface area contributed by atoms with Crippen LogP contribution in [-0.2, 0) is 28.6 Å². The Bertz CT molecular complexity index is 752. The average molecular weight is 355 g/mol. The lowest BCUT2D eigenvalue weighted by molar-refractivity contribution is 0.424. The highest BCUT2D eigenvalue weighted by Crippen LogP contribution is 2.34. The summed E-state index contributed by atoms with van der Waals surface area (Å²) < 4.78 is 30.2. The minimum absolute atomic E-state index is 0.203. The van der Waals surface area contributed by atoms with Crippen molar-refractivity contribution in [2.24, 2.45) is 0 Å². The van der Waals surface area contributed by atoms with Crippen LogP contribution in [0.5, 0.6) is 0 Å². The zero-order valence-corrected chi connectivity index (χ0v) is 15.0. The molecule has 0 saturated carbocycles. The fourth-order valence-corrected chi connectivity index (χ4v) is 4.53. The van der Waals surface area contributed by atoms with Gasteiger partial charge in [-0.05, 0) is 37.3 Å². The summed E-state index contributed by atoms with van der Waals surface area (Å²) >= 11 is 1.69. The van der Waals surface area contributed by atoms with Crippen molar-refractivity contribution in [1.29, 1.82) is 0 Å². The Labute approximate surface area is 140 Å². The standard InChI is InChI=1S/C15H21N3O3S2/c1-18(2)23(19,20)10-14-16-15(21-17-14)13-9-11-7-5-3-4-6-8-12(11)22-13/h9H,3-8,10H2,1-2H3. The topological polar surface area (TPSA) is 76.3 Å². The van der Waals surface area contributed by atoms with Crippen LogP contribution in [0.2, 0.25) is 0 Å². The predicted molar refractivity (Wildman–Crippen MR) is 89.8 cm³/mol. The zero-order chi connectivity index (χ0) is 16.4. The van der Waals surface area contributed by atoms with Crippen molar-refractivity contribution >= 4 is 21.4 Å². The number of fused-ring (bicyclic) bond motifs is 1. The Kier molecular flexibility index (Phi) is 4.84. The molecule has 23 heavy (non-hydrogen) atoms. The van der Waals surface area contributed by atoms with Gasteiger partial charge >= 0.3 is 0 Å². The monoisotopic (exact) mass is 355 g/mol. The molecule has 2 aromatic heterocycles. The summed E-state index contributed by atoms with van der Waals surface area (Å²) in [6.07, 6.45) is 7.23. The first-order valence-corrected chi connectivity index (χ1v) is 10.2. The number of rotatable bonds is 4. The van der Waals surface area contributed by atoms with Crippen molar-refractivity contribution in [1.82, 2.24) is 14.4 Å². The Balaban J connectivity index is 1.82. The van der Waals surface area contributed by atoms with Gasteiger partial charge in [-0.1, -0.05) is 18.0 Å². The Morgan fingerprint density at radius 3 is 2.70 bits per heavy atom. The Morgan fingerprint density at radius 2 is 1.96 bits per heavy atom. The Morgan fingerprint density at radius 1 is 1.22 bits per heavy atom. The number of nitrogens with zero attached hydrogens (tertiary/aromatic N) is 3. The number of sulfonamides is 1. The summed E-state index contributed by atoms with van der Waals surface area (Å²) in [5.41, 5.74) is 1.38. The Hall–Kier alpha value is -1.25. The second-order valence-corrected chi connectivity index (χ2v) is 9.35. The number of hydrogen-bond donors (Lipinski definition) is 0. The van der Waals surface area contributed by atoms with Gasteiger partial charge in [-0.3, -0.25) is 0 Å². The maximum atomic E-state index is 11.9. The smallest absolute Gasteiger partial charge is 0.268 e. The van der Waals surface area contributed by atoms with E-state index in [2.05, 4.69) is 16.2 Å². The molecule has 8 heteroatoms. The van der Waals surface area contributed by atoms with Gasteiger partial charge in [0.2, 0.25) is 10.0 Å². The normalized spacial score (nSPS) is 16.1. The maximum absolute atomic E-state index is 11.9. The highest BCUT2D eigenvalue weighted by Gasteiger charge is 2.21. The largest absolute Gasteiger partial charge is 0.333 e. The summed E-state index contributed by atoms with van der Waals surface area (Å²) in [4.78, 5) is 6.61. The molecule has 2 heterocycles. The van der Waals surface area contributed by atoms with Crippen molar-refractivity contribution in [2.75, 3.05) is 14.1 Å². The van der Waals surface area contributed by atoms with Crippen LogP contribution in [0, 0.1) is 0 Å². The molecule has 0 atom stereocenters. The lowest BCUT2D eigenvalue weighted by Gasteiger charge is -2.07. The van der Waals surface area contributed by atoms with Gasteiger partial charge < -0.3 is 4.52 Å². The molecule has 0 saturated heterocycles. The van der Waals surface area contributed by atoms with E-state index in [1.54, 1.807) is 11.3 Å². The van der Waals surface area contributed by atoms with Crippen molar-refractivity contribution in [3.8, 4) is 10.8 Å². The lowest BCUT2D eigenvalue weighted by atomic mass is 10.00. The molecule has 3 rings (SSSR count). The highest BCUT2D eigenvalue weighted by molar-refractivity contribution is 7.88. The highest BCUT2D eigenvalue weighted by atomic mass is 32.2. The summed E-state index contributed by atoms with van der Waals surface area (Å²) in [5, 5.41) is 3.82. The van der Waals surface area contributed by atoms with Crippen LogP contribution in [0.3, 0.4) is 0 Å². The van der Waals surface area contributed by atoms with E-state index < -0.39 is 10.0 Å². The van der Waals surface area contributed by atoms with Crippen LogP contribution in [-0.4, -0.2) is 37.0 Å². The molecule has 0 N–H and O–H groups in total. The molecule has 0 aliphatic heterocycles. The van der Waals surface area contributed by atoms with Gasteiger partial charge in [-0.2, -0.15) is 4.98 Å². The van der Waals surface area contributed by atoms with Gasteiger partial charge in [-0.15, -0.1) is 11.3 Å². The van der Waals surface area contributed by atoms with E-state index in [1.807, 2.05) is 0 Å². The SMILES string of the molecule is CN(C)S(=O)(=O)Cc1noc(-c2cc3c(s2)CCCCCC3)n1. The van der Waals surface area contributed by atoms with E-state index in [9.17, 15) is 8.42 Å². The van der Waals surface area contributed by atoms with Crippen LogP contribution in [0.25, 0.3) is 10.8 Å². The van der Waals surface area contributed by atoms with Crippen LogP contribution in [0.1, 0.15) is 41.9 Å². The number of thiophene rings is 1. The number of aromatic nitrogens is 2. The van der Waals surface area contributed by atoms with Crippen LogP contribution in [0.4, 0.5) is 0 Å². The van der Waals surface area contributed by atoms with Gasteiger partial charge in [0.05, 0.1) is 4.88 Å². The van der Waals surface area contributed by atoms with E-state index in [1.165, 1.54) is 54.5 Å². The first-order valence-electron chi connectivity index (χ1n) is 7.80. The maximum Gasteiger partial charge on any atom is 0.268 e. The van der Waals surface area contributed by atoms with Crippen molar-refractivity contribution in [3.05, 3.63) is 22.3 Å². The predicted octanol–water partition coefficient (Wildman–Crippen LogP) is 2.85. The number of aryl methyl sites for hydroxylation is 2. The molecule has 0 amide bonds. The first-order chi connectivity index (χ1) is 11.0. The zero-order valence-electron chi connectivity index (χ0n) is 13.4. The molecule has 1 aliphatic rings. The fourth-order valence-electron chi connectivity index (χ4n) is 2.65. The van der Waals surface area contributed by atoms with Gasteiger partial charge in [0.25, 0.3) is 5.89 Å². The quantitative estimate of drug-likeness (QED) is 0.843. The molecule has 0 aromatic carbocycles. The molecule has 0 spiro atoms. The molecule has 1 aliphatic carbocycles. The third-order valence-corrected chi connectivity index (χ3v) is 7.00. The van der Waals surface area contributed by atoms with E-state index in [0.717, 1.165) is 17.7 Å². The second kappa shape index (κ2) is 6.70. The van der Waals surface area contributed by atoms with Crippen molar-refractivity contribution in [3.63, 3.8) is 0 Å². The van der Waals surface area contributed by atoms with Crippen molar-refractivity contribution in [2.45, 2.75) is 44.3 Å². The summed E-state index contributed by atoms with van der Waals surface area (Å²) in [6, 6.07) is 2.13. The summed E-state index contributed by atoms with van der Waals surface area (Å²) in [6.45, 7) is 0. The molecule has 0 unspecified atom stereocenters. The fraction of sp³-hybridized carbons (Fsp3) is 0.600. The molecular weight excluding hydrogens is 334 g/mol. The van der Waals surface area contributed by atoms with Gasteiger partial charge in [0.1, 0.15) is 5.75 Å². The summed E-state index contributed by atoms with van der Waals surface area (Å²) in [7, 11) is -0.389. The third-order valence-electron chi connectivity index (χ3n) is 4.04. The molecule has 0 fully saturated rings. The van der Waals surface area contributed by atoms with E-state index in [-0.39, 0.29) is 11.6 Å². The first kappa shape index (κ1) is 16.6. The summed E-state index contributed by atoms with van der Waals surface area (Å²) in [5.74, 6) is 0.384. The third kappa shape index (κ3) is 3.81. The second-order valence-electron chi connectivity index (χ2n) is 6.03. The molecular formula is C15H21N3O3S2.